The molecule has 0 saturated heterocycles. The van der Waals surface area contributed by atoms with Crippen LogP contribution in [0.15, 0.2) is 54.6 Å². The van der Waals surface area contributed by atoms with Crippen LogP contribution in [0.4, 0.5) is 8.78 Å². The normalized spacial score (nSPS) is 11.7. The molecule has 3 aromatic rings. The largest absolute Gasteiger partial charge is 0.451 e. The van der Waals surface area contributed by atoms with Crippen LogP contribution in [0.2, 0.25) is 0 Å². The molecule has 0 bridgehead atoms. The summed E-state index contributed by atoms with van der Waals surface area (Å²) < 4.78 is 36.2. The fourth-order valence-corrected chi connectivity index (χ4v) is 3.37. The molecule has 32 heavy (non-hydrogen) atoms. The molecule has 0 spiro atoms. The number of esters is 1. The molecular weight excluding hydrogens is 418 g/mol. The van der Waals surface area contributed by atoms with Gasteiger partial charge in [-0.2, -0.15) is 14.0 Å². The number of hydrogen-bond acceptors (Lipinski definition) is 5. The molecule has 3 rings (SSSR count). The van der Waals surface area contributed by atoms with E-state index in [0.29, 0.717) is 22.5 Å². The lowest BCUT2D eigenvalue weighted by atomic mass is 10.1. The van der Waals surface area contributed by atoms with Crippen molar-refractivity contribution in [1.82, 2.24) is 4.57 Å². The Kier molecular flexibility index (Phi) is 6.69. The highest BCUT2D eigenvalue weighted by atomic mass is 19.3. The summed E-state index contributed by atoms with van der Waals surface area (Å²) in [5.74, 6) is -1.01. The minimum absolute atomic E-state index is 0.0332. The van der Waals surface area contributed by atoms with Gasteiger partial charge in [0.2, 0.25) is 5.78 Å². The number of benzene rings is 2. The molecule has 1 aromatic heterocycles. The van der Waals surface area contributed by atoms with E-state index >= 15 is 0 Å². The van der Waals surface area contributed by atoms with E-state index in [0.717, 1.165) is 5.69 Å². The average Bonchev–Trinajstić information content (AvgIpc) is 3.07. The molecule has 0 aliphatic rings. The van der Waals surface area contributed by atoms with Crippen LogP contribution >= 0.6 is 0 Å². The predicted octanol–water partition coefficient (Wildman–Crippen LogP) is 5.00. The number of ether oxygens (including phenoxy) is 2. The van der Waals surface area contributed by atoms with Crippen molar-refractivity contribution in [1.29, 1.82) is 5.26 Å². The van der Waals surface area contributed by atoms with Crippen LogP contribution < -0.4 is 4.74 Å². The van der Waals surface area contributed by atoms with Gasteiger partial charge < -0.3 is 14.0 Å². The lowest BCUT2D eigenvalue weighted by Crippen LogP contribution is -2.25. The van der Waals surface area contributed by atoms with Crippen molar-refractivity contribution in [2.24, 2.45) is 0 Å². The van der Waals surface area contributed by atoms with E-state index in [-0.39, 0.29) is 17.1 Å². The molecule has 1 unspecified atom stereocenters. The number of hydrogen-bond donors (Lipinski definition) is 0. The smallest absolute Gasteiger partial charge is 0.387 e. The Balaban J connectivity index is 1.78. The van der Waals surface area contributed by atoms with Gasteiger partial charge in [-0.05, 0) is 75.4 Å². The number of rotatable bonds is 7. The molecule has 0 amide bonds. The summed E-state index contributed by atoms with van der Waals surface area (Å²) in [7, 11) is 0. The van der Waals surface area contributed by atoms with E-state index in [2.05, 4.69) is 4.74 Å². The van der Waals surface area contributed by atoms with Gasteiger partial charge in [-0.25, -0.2) is 4.79 Å². The Morgan fingerprint density at radius 2 is 1.66 bits per heavy atom. The third kappa shape index (κ3) is 4.83. The number of carbonyl (C=O) groups excluding carboxylic acids is 2. The molecule has 0 saturated carbocycles. The highest BCUT2D eigenvalue weighted by Crippen LogP contribution is 2.25. The Morgan fingerprint density at radius 1 is 1.03 bits per heavy atom. The Labute approximate surface area is 183 Å². The first-order chi connectivity index (χ1) is 15.2. The summed E-state index contributed by atoms with van der Waals surface area (Å²) >= 11 is 0. The third-order valence-corrected chi connectivity index (χ3v) is 4.92. The molecule has 0 fully saturated rings. The van der Waals surface area contributed by atoms with Crippen LogP contribution in [-0.2, 0) is 4.74 Å². The molecule has 164 valence electrons. The van der Waals surface area contributed by atoms with E-state index in [1.807, 2.05) is 6.07 Å². The van der Waals surface area contributed by atoms with Crippen molar-refractivity contribution in [3.63, 3.8) is 0 Å². The zero-order chi connectivity index (χ0) is 23.4. The summed E-state index contributed by atoms with van der Waals surface area (Å²) in [4.78, 5) is 25.3. The topological polar surface area (TPSA) is 81.3 Å². The number of nitriles is 1. The maximum Gasteiger partial charge on any atom is 0.387 e. The summed E-state index contributed by atoms with van der Waals surface area (Å²) in [6.07, 6.45) is -1.03. The third-order valence-electron chi connectivity index (χ3n) is 4.92. The van der Waals surface area contributed by atoms with Gasteiger partial charge in [0.1, 0.15) is 5.75 Å². The molecule has 0 radical (unpaired) electrons. The molecule has 6 nitrogen and oxygen atoms in total. The minimum atomic E-state index is -2.91. The van der Waals surface area contributed by atoms with Crippen molar-refractivity contribution in [3.05, 3.63) is 82.7 Å². The van der Waals surface area contributed by atoms with E-state index in [1.54, 1.807) is 36.6 Å². The Hall–Kier alpha value is -3.99. The summed E-state index contributed by atoms with van der Waals surface area (Å²) in [6, 6.07) is 15.6. The molecule has 1 atom stereocenters. The zero-order valence-corrected chi connectivity index (χ0v) is 17.6. The first-order valence-corrected chi connectivity index (χ1v) is 9.70. The average molecular weight is 438 g/mol. The van der Waals surface area contributed by atoms with Crippen molar-refractivity contribution >= 4 is 11.8 Å². The molecule has 2 aromatic carbocycles. The van der Waals surface area contributed by atoms with Gasteiger partial charge in [0.05, 0.1) is 17.2 Å². The number of alkyl halides is 2. The second kappa shape index (κ2) is 9.43. The number of aryl methyl sites for hydroxylation is 1. The van der Waals surface area contributed by atoms with Gasteiger partial charge in [0, 0.05) is 22.6 Å². The van der Waals surface area contributed by atoms with Gasteiger partial charge in [0.25, 0.3) is 0 Å². The molecule has 1 heterocycles. The van der Waals surface area contributed by atoms with Crippen molar-refractivity contribution in [3.8, 4) is 17.5 Å². The van der Waals surface area contributed by atoms with Crippen molar-refractivity contribution in [2.45, 2.75) is 33.5 Å². The molecule has 0 aliphatic heterocycles. The minimum Gasteiger partial charge on any atom is -0.451 e. The Bertz CT molecular complexity index is 1180. The van der Waals surface area contributed by atoms with Crippen LogP contribution in [0, 0.1) is 25.2 Å². The second-order valence-corrected chi connectivity index (χ2v) is 7.09. The van der Waals surface area contributed by atoms with Crippen molar-refractivity contribution in [2.75, 3.05) is 0 Å². The first-order valence-electron chi connectivity index (χ1n) is 9.70. The quantitative estimate of drug-likeness (QED) is 0.383. The zero-order valence-electron chi connectivity index (χ0n) is 17.6. The maximum absolute atomic E-state index is 13.0. The number of nitrogens with zero attached hydrogens (tertiary/aromatic N) is 2. The molecule has 8 heteroatoms. The van der Waals surface area contributed by atoms with Crippen molar-refractivity contribution < 1.29 is 27.8 Å². The van der Waals surface area contributed by atoms with Crippen LogP contribution in [0.3, 0.4) is 0 Å². The van der Waals surface area contributed by atoms with Crippen LogP contribution in [0.25, 0.3) is 5.69 Å². The van der Waals surface area contributed by atoms with Gasteiger partial charge in [-0.15, -0.1) is 0 Å². The highest BCUT2D eigenvalue weighted by molar-refractivity contribution is 6.02. The van der Waals surface area contributed by atoms with E-state index in [9.17, 15) is 18.4 Å². The van der Waals surface area contributed by atoms with E-state index in [1.165, 1.54) is 43.3 Å². The predicted molar refractivity (Wildman–Crippen MR) is 112 cm³/mol. The lowest BCUT2D eigenvalue weighted by molar-refractivity contribution is -0.0498. The van der Waals surface area contributed by atoms with Crippen LogP contribution in [0.5, 0.6) is 5.75 Å². The van der Waals surface area contributed by atoms with E-state index in [4.69, 9.17) is 10.00 Å². The molecule has 0 N–H and O–H groups in total. The summed E-state index contributed by atoms with van der Waals surface area (Å²) in [5.41, 5.74) is 3.07. The van der Waals surface area contributed by atoms with Gasteiger partial charge in [-0.3, -0.25) is 4.79 Å². The summed E-state index contributed by atoms with van der Waals surface area (Å²) in [5, 5.41) is 8.84. The van der Waals surface area contributed by atoms with Gasteiger partial charge in [0.15, 0.2) is 6.10 Å². The van der Waals surface area contributed by atoms with E-state index < -0.39 is 18.7 Å². The maximum atomic E-state index is 13.0. The SMILES string of the molecule is Cc1cc(C(=O)C(C)OC(=O)c2ccc(C#N)cc2)c(C)n1-c1ccc(OC(F)F)cc1. The summed E-state index contributed by atoms with van der Waals surface area (Å²) in [6.45, 7) is 2.14. The fraction of sp³-hybridized carbons (Fsp3) is 0.208. The number of ketones is 1. The lowest BCUT2D eigenvalue weighted by Gasteiger charge is -2.14. The molecule has 0 aliphatic carbocycles. The number of Topliss-reactive ketones (excluding diaryl/α,β-unsaturated/α-hetero) is 1. The number of halogens is 2. The monoisotopic (exact) mass is 438 g/mol. The van der Waals surface area contributed by atoms with Crippen LogP contribution in [-0.4, -0.2) is 29.0 Å². The van der Waals surface area contributed by atoms with Gasteiger partial charge in [-0.1, -0.05) is 0 Å². The number of carbonyl (C=O) groups is 2. The Morgan fingerprint density at radius 3 is 2.22 bits per heavy atom. The first kappa shape index (κ1) is 22.7. The van der Waals surface area contributed by atoms with Gasteiger partial charge >= 0.3 is 12.6 Å². The number of aromatic nitrogens is 1. The standard InChI is InChI=1S/C24H20F2N2O4/c1-14-12-21(15(2)28(14)19-8-10-20(11-9-19)32-24(25)26)22(29)16(3)31-23(30)18-6-4-17(13-27)5-7-18/h4-12,16,24H,1-3H3. The fourth-order valence-electron chi connectivity index (χ4n) is 3.37. The molecular formula is C24H20F2N2O4. The van der Waals surface area contributed by atoms with Crippen LogP contribution in [0.1, 0.15) is 44.6 Å². The highest BCUT2D eigenvalue weighted by Gasteiger charge is 2.25. The second-order valence-electron chi connectivity index (χ2n) is 7.09.